The van der Waals surface area contributed by atoms with Gasteiger partial charge in [0, 0.05) is 39.3 Å². The molecule has 1 unspecified atom stereocenters. The number of fused-ring (bicyclic) bond motifs is 8. The van der Waals surface area contributed by atoms with Crippen LogP contribution in [-0.4, -0.2) is 4.57 Å². The van der Waals surface area contributed by atoms with Gasteiger partial charge < -0.3 is 9.47 Å². The van der Waals surface area contributed by atoms with Crippen LogP contribution in [0.15, 0.2) is 212 Å². The third kappa shape index (κ3) is 5.41. The van der Waals surface area contributed by atoms with E-state index in [9.17, 15) is 0 Å². The van der Waals surface area contributed by atoms with E-state index in [1.807, 2.05) is 0 Å². The van der Waals surface area contributed by atoms with Crippen LogP contribution in [-0.2, 0) is 6.42 Å². The molecule has 0 radical (unpaired) electrons. The lowest BCUT2D eigenvalue weighted by Crippen LogP contribution is -2.13. The van der Waals surface area contributed by atoms with Gasteiger partial charge in [0.05, 0.1) is 16.7 Å². The molecule has 1 aromatic heterocycles. The topological polar surface area (TPSA) is 8.17 Å². The standard InChI is InChI=1S/C57H40N2/c1-4-16-38(17-5-1)41-34-42(39-18-6-2-7-19-39)36-45(35-41)58(44-29-31-50-49-26-14-15-27-53(49)59(55(50)37-44)43-21-8-3-9-22-43)54-33-32-52-48-25-13-12-24-47(48)51-30-28-40-20-10-11-23-46(40)57(54)56(51)52/h1-27,29,31-37,51H,28,30H2. The van der Waals surface area contributed by atoms with Crippen molar-refractivity contribution >= 4 is 38.9 Å². The van der Waals surface area contributed by atoms with Crippen molar-refractivity contribution in [2.45, 2.75) is 18.8 Å². The predicted octanol–water partition coefficient (Wildman–Crippen LogP) is 15.3. The van der Waals surface area contributed by atoms with Crippen molar-refractivity contribution in [3.05, 3.63) is 229 Å². The molecule has 2 nitrogen and oxygen atoms in total. The molecule has 0 aliphatic heterocycles. The Morgan fingerprint density at radius 1 is 0.424 bits per heavy atom. The van der Waals surface area contributed by atoms with Crippen LogP contribution in [0.5, 0.6) is 0 Å². The number of aryl methyl sites for hydroxylation is 1. The second-order valence-corrected chi connectivity index (χ2v) is 16.0. The molecule has 0 bridgehead atoms. The molecular formula is C57H40N2. The van der Waals surface area contributed by atoms with E-state index in [2.05, 4.69) is 222 Å². The Morgan fingerprint density at radius 2 is 1.05 bits per heavy atom. The number of benzene rings is 9. The summed E-state index contributed by atoms with van der Waals surface area (Å²) in [5.74, 6) is 0.323. The van der Waals surface area contributed by atoms with Crippen molar-refractivity contribution < 1.29 is 0 Å². The fraction of sp³-hybridized carbons (Fsp3) is 0.0526. The van der Waals surface area contributed by atoms with Crippen molar-refractivity contribution in [3.63, 3.8) is 0 Å². The Kier molecular flexibility index (Phi) is 7.77. The van der Waals surface area contributed by atoms with Crippen LogP contribution in [0, 0.1) is 0 Å². The molecule has 0 saturated carbocycles. The largest absolute Gasteiger partial charge is 0.310 e. The van der Waals surface area contributed by atoms with Crippen molar-refractivity contribution in [3.8, 4) is 50.2 Å². The van der Waals surface area contributed by atoms with E-state index in [1.54, 1.807) is 0 Å². The van der Waals surface area contributed by atoms with E-state index in [0.29, 0.717) is 5.92 Å². The van der Waals surface area contributed by atoms with Crippen molar-refractivity contribution in [2.75, 3.05) is 4.90 Å². The summed E-state index contributed by atoms with van der Waals surface area (Å²) in [5.41, 5.74) is 21.5. The SMILES string of the molecule is c1ccc(-c2cc(-c3ccccc3)cc(N(c3ccc4c5ccccc5n(-c5ccccc5)c4c3)c3ccc4c5c3-c3ccccc3CCC5c3ccccc3-4)c2)cc1. The molecule has 1 heterocycles. The summed E-state index contributed by atoms with van der Waals surface area (Å²) in [7, 11) is 0. The van der Waals surface area contributed by atoms with Crippen LogP contribution in [0.3, 0.4) is 0 Å². The molecule has 0 N–H and O–H groups in total. The number of rotatable bonds is 6. The van der Waals surface area contributed by atoms with E-state index in [1.165, 1.54) is 88.7 Å². The maximum atomic E-state index is 2.56. The van der Waals surface area contributed by atoms with Gasteiger partial charge in [-0.1, -0.05) is 158 Å². The first-order valence-electron chi connectivity index (χ1n) is 20.8. The van der Waals surface area contributed by atoms with E-state index in [-0.39, 0.29) is 0 Å². The highest BCUT2D eigenvalue weighted by Gasteiger charge is 2.36. The van der Waals surface area contributed by atoms with Gasteiger partial charge >= 0.3 is 0 Å². The minimum absolute atomic E-state index is 0.323. The Labute approximate surface area is 344 Å². The lowest BCUT2D eigenvalue weighted by Gasteiger charge is -2.31. The summed E-state index contributed by atoms with van der Waals surface area (Å²) >= 11 is 0. The van der Waals surface area contributed by atoms with Crippen molar-refractivity contribution in [1.82, 2.24) is 4.57 Å². The average molecular weight is 753 g/mol. The number of anilines is 3. The number of nitrogens with zero attached hydrogens (tertiary/aromatic N) is 2. The third-order valence-corrected chi connectivity index (χ3v) is 12.7. The van der Waals surface area contributed by atoms with Crippen molar-refractivity contribution in [2.24, 2.45) is 0 Å². The first kappa shape index (κ1) is 33.7. The van der Waals surface area contributed by atoms with Crippen LogP contribution in [0.1, 0.15) is 29.0 Å². The Bertz CT molecular complexity index is 3160. The normalized spacial score (nSPS) is 13.8. The number of para-hydroxylation sites is 2. The molecule has 2 aliphatic carbocycles. The maximum absolute atomic E-state index is 2.56. The Balaban J connectivity index is 1.20. The molecule has 2 aliphatic rings. The summed E-state index contributed by atoms with van der Waals surface area (Å²) in [5, 5.41) is 2.49. The molecule has 0 amide bonds. The molecule has 59 heavy (non-hydrogen) atoms. The summed E-state index contributed by atoms with van der Waals surface area (Å²) in [6, 6.07) is 78.6. The average Bonchev–Trinajstić information content (AvgIpc) is 3.74. The molecule has 0 saturated heterocycles. The summed E-state index contributed by atoms with van der Waals surface area (Å²) in [6.45, 7) is 0. The first-order chi connectivity index (χ1) is 29.3. The van der Waals surface area contributed by atoms with E-state index in [0.717, 1.165) is 29.9 Å². The molecular weight excluding hydrogens is 713 g/mol. The third-order valence-electron chi connectivity index (χ3n) is 12.7. The van der Waals surface area contributed by atoms with Gasteiger partial charge in [-0.05, 0) is 123 Å². The molecule has 1 atom stereocenters. The lowest BCUT2D eigenvalue weighted by atomic mass is 9.88. The van der Waals surface area contributed by atoms with Gasteiger partial charge in [-0.15, -0.1) is 0 Å². The second kappa shape index (κ2) is 13.6. The van der Waals surface area contributed by atoms with Crippen LogP contribution >= 0.6 is 0 Å². The van der Waals surface area contributed by atoms with Gasteiger partial charge in [-0.2, -0.15) is 0 Å². The van der Waals surface area contributed by atoms with Gasteiger partial charge in [0.2, 0.25) is 0 Å². The molecule has 0 fully saturated rings. The fourth-order valence-corrected chi connectivity index (χ4v) is 10.2. The van der Waals surface area contributed by atoms with Gasteiger partial charge in [-0.3, -0.25) is 0 Å². The highest BCUT2D eigenvalue weighted by atomic mass is 15.1. The van der Waals surface area contributed by atoms with Gasteiger partial charge in [0.15, 0.2) is 0 Å². The monoisotopic (exact) mass is 752 g/mol. The van der Waals surface area contributed by atoms with E-state index in [4.69, 9.17) is 0 Å². The fourth-order valence-electron chi connectivity index (χ4n) is 10.2. The molecule has 278 valence electrons. The zero-order chi connectivity index (χ0) is 38.9. The predicted molar refractivity (Wildman–Crippen MR) is 247 cm³/mol. The molecule has 12 rings (SSSR count). The van der Waals surface area contributed by atoms with E-state index < -0.39 is 0 Å². The van der Waals surface area contributed by atoms with Gasteiger partial charge in [-0.25, -0.2) is 0 Å². The second-order valence-electron chi connectivity index (χ2n) is 16.0. The van der Waals surface area contributed by atoms with Gasteiger partial charge in [0.1, 0.15) is 0 Å². The zero-order valence-electron chi connectivity index (χ0n) is 32.6. The summed E-state index contributed by atoms with van der Waals surface area (Å²) < 4.78 is 2.43. The van der Waals surface area contributed by atoms with Crippen LogP contribution in [0.25, 0.3) is 72.0 Å². The number of aromatic nitrogens is 1. The highest BCUT2D eigenvalue weighted by Crippen LogP contribution is 2.57. The molecule has 2 heteroatoms. The van der Waals surface area contributed by atoms with Crippen molar-refractivity contribution in [1.29, 1.82) is 0 Å². The Morgan fingerprint density at radius 3 is 1.81 bits per heavy atom. The van der Waals surface area contributed by atoms with Crippen LogP contribution in [0.4, 0.5) is 17.1 Å². The molecule has 10 aromatic rings. The first-order valence-corrected chi connectivity index (χ1v) is 20.8. The van der Waals surface area contributed by atoms with Crippen LogP contribution < -0.4 is 4.90 Å². The zero-order valence-corrected chi connectivity index (χ0v) is 32.6. The minimum Gasteiger partial charge on any atom is -0.310 e. The highest BCUT2D eigenvalue weighted by molar-refractivity contribution is 6.11. The maximum Gasteiger partial charge on any atom is 0.0561 e. The molecule has 9 aromatic carbocycles. The quantitative estimate of drug-likeness (QED) is 0.164. The minimum atomic E-state index is 0.323. The lowest BCUT2D eigenvalue weighted by molar-refractivity contribution is 0.740. The number of hydrogen-bond acceptors (Lipinski definition) is 1. The van der Waals surface area contributed by atoms with E-state index >= 15 is 0 Å². The smallest absolute Gasteiger partial charge is 0.0561 e. The van der Waals surface area contributed by atoms with Gasteiger partial charge in [0.25, 0.3) is 0 Å². The Hall–Kier alpha value is -7.42. The number of hydrogen-bond donors (Lipinski definition) is 0. The summed E-state index contributed by atoms with van der Waals surface area (Å²) in [4.78, 5) is 2.56. The van der Waals surface area contributed by atoms with Crippen LogP contribution in [0.2, 0.25) is 0 Å². The summed E-state index contributed by atoms with van der Waals surface area (Å²) in [6.07, 6.45) is 2.12. The molecule has 0 spiro atoms.